The molecule has 0 fully saturated rings. The normalized spacial score (nSPS) is 14.9. The van der Waals surface area contributed by atoms with Crippen LogP contribution in [0.1, 0.15) is 16.5 Å². The Morgan fingerprint density at radius 2 is 1.49 bits per heavy atom. The van der Waals surface area contributed by atoms with Crippen molar-refractivity contribution in [1.82, 2.24) is 9.55 Å². The van der Waals surface area contributed by atoms with Crippen molar-refractivity contribution >= 4 is 44.6 Å². The Bertz CT molecular complexity index is 2820. The minimum absolute atomic E-state index is 0. The smallest absolute Gasteiger partial charge is 0.136 e. The number of para-hydroxylation sites is 4. The Labute approximate surface area is 311 Å². The van der Waals surface area contributed by atoms with Crippen molar-refractivity contribution in [3.05, 3.63) is 176 Å². The minimum Gasteiger partial charge on any atom is -0.509 e. The van der Waals surface area contributed by atoms with Gasteiger partial charge in [-0.05, 0) is 65.3 Å². The van der Waals surface area contributed by atoms with Gasteiger partial charge in [-0.15, -0.1) is 48.1 Å². The largest absolute Gasteiger partial charge is 0.509 e. The van der Waals surface area contributed by atoms with E-state index in [1.165, 1.54) is 6.20 Å². The zero-order valence-electron chi connectivity index (χ0n) is 33.6. The third-order valence-electron chi connectivity index (χ3n) is 8.35. The van der Waals surface area contributed by atoms with E-state index in [4.69, 9.17) is 15.7 Å². The van der Waals surface area contributed by atoms with Gasteiger partial charge < -0.3 is 19.1 Å². The maximum absolute atomic E-state index is 8.61. The molecule has 49 heavy (non-hydrogen) atoms. The van der Waals surface area contributed by atoms with Crippen LogP contribution in [-0.2, 0) is 21.1 Å². The standard InChI is InChI=1S/C43H29N4O.Pt/c1-30-28-44-43(27-38(30)31-13-4-2-5-14-31)47-39-20-9-8-19-36(39)37-24-23-35(26-42(37)47)48-34-18-12-17-33(25-34)46-29-45(32-15-6-3-7-16-32)40-21-10-11-22-41(40)46;/h2-24,27-29H,1H3;/q-3;/i1D3,3D,6D,7D,15D,16D;. The molecule has 1 aliphatic rings. The van der Waals surface area contributed by atoms with E-state index >= 15 is 0 Å². The Morgan fingerprint density at radius 1 is 0.735 bits per heavy atom. The van der Waals surface area contributed by atoms with Crippen LogP contribution >= 0.6 is 0 Å². The molecule has 1 aliphatic heterocycles. The fourth-order valence-corrected chi connectivity index (χ4v) is 6.20. The number of fused-ring (bicyclic) bond motifs is 4. The maximum atomic E-state index is 8.61. The first-order chi connectivity index (χ1) is 27.0. The first-order valence-electron chi connectivity index (χ1n) is 19.3. The van der Waals surface area contributed by atoms with Gasteiger partial charge in [0.2, 0.25) is 0 Å². The van der Waals surface area contributed by atoms with Crippen LogP contribution in [0.15, 0.2) is 152 Å². The Kier molecular flexibility index (Phi) is 5.95. The molecule has 0 spiro atoms. The summed E-state index contributed by atoms with van der Waals surface area (Å²) in [5.74, 6) is 1.32. The second kappa shape index (κ2) is 12.8. The number of anilines is 4. The van der Waals surface area contributed by atoms with Crippen LogP contribution in [0.25, 0.3) is 38.8 Å². The molecule has 0 N–H and O–H groups in total. The van der Waals surface area contributed by atoms with Crippen LogP contribution in [0.3, 0.4) is 0 Å². The summed E-state index contributed by atoms with van der Waals surface area (Å²) in [6, 6.07) is 40.6. The monoisotopic (exact) mass is 820 g/mol. The SMILES string of the molecule is [2H]c1c([2H])c([2H])c(N2[CH-]N(c3[c-]c(Oc4[c-]c5c(cc4)c4ccccc4n5-c4cc(-c5ccccc5)c(C([2H])([2H])[2H])cn4)ccc3)c3ccccc32)c([2H])c1[2H].[Pt]. The Balaban J connectivity index is 0.00000455. The van der Waals surface area contributed by atoms with E-state index < -0.39 is 25.0 Å². The molecule has 2 aromatic heterocycles. The van der Waals surface area contributed by atoms with Crippen LogP contribution in [-0.4, -0.2) is 9.55 Å². The summed E-state index contributed by atoms with van der Waals surface area (Å²) in [4.78, 5) is 8.11. The van der Waals surface area contributed by atoms with Gasteiger partial charge >= 0.3 is 0 Å². The molecule has 0 saturated carbocycles. The van der Waals surface area contributed by atoms with Crippen molar-refractivity contribution < 1.29 is 36.8 Å². The summed E-state index contributed by atoms with van der Waals surface area (Å²) >= 11 is 0. The number of benzene rings is 6. The second-order valence-electron chi connectivity index (χ2n) is 11.2. The molecular weight excluding hydrogens is 784 g/mol. The first kappa shape index (κ1) is 22.8. The number of aromatic nitrogens is 2. The van der Waals surface area contributed by atoms with E-state index in [1.54, 1.807) is 23.7 Å². The average Bonchev–Trinajstić information content (AvgIpc) is 3.75. The zero-order chi connectivity index (χ0) is 38.9. The van der Waals surface area contributed by atoms with Gasteiger partial charge in [-0.2, -0.15) is 12.1 Å². The predicted octanol–water partition coefficient (Wildman–Crippen LogP) is 11.0. The molecule has 8 aromatic rings. The number of aryl methyl sites for hydroxylation is 1. The van der Waals surface area contributed by atoms with Crippen LogP contribution in [0.4, 0.5) is 22.7 Å². The molecular formula is C43H29N4OPt-3. The molecule has 0 unspecified atom stereocenters. The van der Waals surface area contributed by atoms with E-state index in [2.05, 4.69) is 17.1 Å². The van der Waals surface area contributed by atoms with E-state index in [1.807, 2.05) is 113 Å². The summed E-state index contributed by atoms with van der Waals surface area (Å²) in [6.07, 6.45) is 1.43. The Hall–Kier alpha value is -5.64. The summed E-state index contributed by atoms with van der Waals surface area (Å²) in [6.45, 7) is -0.693. The fraction of sp³-hybridized carbons (Fsp3) is 0.0233. The number of hydrogen-bond acceptors (Lipinski definition) is 4. The number of pyridine rings is 1. The van der Waals surface area contributed by atoms with Crippen molar-refractivity contribution in [1.29, 1.82) is 0 Å². The minimum atomic E-state index is -2.37. The molecule has 5 nitrogen and oxygen atoms in total. The van der Waals surface area contributed by atoms with E-state index in [0.717, 1.165) is 27.5 Å². The molecule has 6 heteroatoms. The van der Waals surface area contributed by atoms with Gasteiger partial charge in [-0.25, -0.2) is 4.98 Å². The first-order valence-corrected chi connectivity index (χ1v) is 15.3. The van der Waals surface area contributed by atoms with Crippen molar-refractivity contribution in [3.63, 3.8) is 0 Å². The Morgan fingerprint density at radius 3 is 2.33 bits per heavy atom. The van der Waals surface area contributed by atoms with Crippen molar-refractivity contribution in [2.75, 3.05) is 9.80 Å². The van der Waals surface area contributed by atoms with Gasteiger partial charge in [-0.3, -0.25) is 0 Å². The summed E-state index contributed by atoms with van der Waals surface area (Å²) in [7, 11) is 0. The summed E-state index contributed by atoms with van der Waals surface area (Å²) in [5, 5.41) is 1.87. The molecule has 240 valence electrons. The molecule has 0 amide bonds. The number of ether oxygens (including phenoxy) is 1. The van der Waals surface area contributed by atoms with E-state index in [0.29, 0.717) is 39.8 Å². The quantitative estimate of drug-likeness (QED) is 0.157. The fourth-order valence-electron chi connectivity index (χ4n) is 6.20. The molecule has 6 aromatic carbocycles. The number of rotatable bonds is 6. The van der Waals surface area contributed by atoms with Gasteiger partial charge in [0.05, 0.1) is 6.85 Å². The van der Waals surface area contributed by atoms with Crippen LogP contribution in [0.5, 0.6) is 11.5 Å². The van der Waals surface area contributed by atoms with Crippen molar-refractivity contribution in [2.45, 2.75) is 6.85 Å². The zero-order valence-corrected chi connectivity index (χ0v) is 27.9. The van der Waals surface area contributed by atoms with Crippen LogP contribution < -0.4 is 14.5 Å². The predicted molar refractivity (Wildman–Crippen MR) is 194 cm³/mol. The van der Waals surface area contributed by atoms with Gasteiger partial charge in [0.1, 0.15) is 5.82 Å². The van der Waals surface area contributed by atoms with Crippen LogP contribution in [0.2, 0.25) is 0 Å². The average molecular weight is 821 g/mol. The van der Waals surface area contributed by atoms with Crippen molar-refractivity contribution in [2.24, 2.45) is 0 Å². The summed E-state index contributed by atoms with van der Waals surface area (Å²) in [5.41, 5.74) is 5.01. The van der Waals surface area contributed by atoms with E-state index in [-0.39, 0.29) is 44.4 Å². The third kappa shape index (κ3) is 5.47. The topological polar surface area (TPSA) is 33.5 Å². The molecule has 3 heterocycles. The van der Waals surface area contributed by atoms with E-state index in [9.17, 15) is 0 Å². The van der Waals surface area contributed by atoms with Crippen LogP contribution in [0, 0.1) is 25.7 Å². The molecule has 9 rings (SSSR count). The third-order valence-corrected chi connectivity index (χ3v) is 8.35. The maximum Gasteiger partial charge on any atom is 0.136 e. The van der Waals surface area contributed by atoms with Crippen molar-refractivity contribution in [3.8, 4) is 28.4 Å². The van der Waals surface area contributed by atoms with Gasteiger partial charge in [0, 0.05) is 65.5 Å². The van der Waals surface area contributed by atoms with Gasteiger partial charge in [0.15, 0.2) is 0 Å². The van der Waals surface area contributed by atoms with Gasteiger partial charge in [0.25, 0.3) is 0 Å². The molecule has 0 atom stereocenters. The molecule has 0 saturated heterocycles. The number of hydrogen-bond donors (Lipinski definition) is 0. The molecule has 0 radical (unpaired) electrons. The second-order valence-corrected chi connectivity index (χ2v) is 11.2. The van der Waals surface area contributed by atoms with Gasteiger partial charge in [-0.1, -0.05) is 84.3 Å². The molecule has 0 aliphatic carbocycles. The number of nitrogens with zero attached hydrogens (tertiary/aromatic N) is 4. The molecule has 0 bridgehead atoms. The summed E-state index contributed by atoms with van der Waals surface area (Å²) < 4.78 is 74.8.